The maximum absolute atomic E-state index is 10.3. The monoisotopic (exact) mass is 410 g/mol. The molecule has 1 aliphatic carbocycles. The molecule has 3 rings (SSSR count). The van der Waals surface area contributed by atoms with E-state index < -0.39 is 5.97 Å². The molecule has 2 aromatic carbocycles. The van der Waals surface area contributed by atoms with Gasteiger partial charge in [0.2, 0.25) is 0 Å². The van der Waals surface area contributed by atoms with E-state index in [0.29, 0.717) is 11.7 Å². The highest BCUT2D eigenvalue weighted by Gasteiger charge is 2.07. The molecule has 0 heterocycles. The van der Waals surface area contributed by atoms with Crippen LogP contribution in [0, 0.1) is 5.92 Å². The molecule has 1 fully saturated rings. The third-order valence-electron chi connectivity index (χ3n) is 5.55. The van der Waals surface area contributed by atoms with Crippen LogP contribution in [0.25, 0.3) is 10.8 Å². The molecule has 1 saturated carbocycles. The number of nitrogens with one attached hydrogen (secondary N) is 1. The first-order valence-electron chi connectivity index (χ1n) is 10.9. The molecule has 0 aromatic heterocycles. The number of aliphatic carboxylic acids is 1. The molecule has 1 aliphatic rings. The number of carboxylic acids is 1. The van der Waals surface area contributed by atoms with Crippen LogP contribution in [0.2, 0.25) is 0 Å². The van der Waals surface area contributed by atoms with Crippen LogP contribution in [0.4, 0.5) is 0 Å². The van der Waals surface area contributed by atoms with Gasteiger partial charge in [-0.1, -0.05) is 75.1 Å². The average Bonchev–Trinajstić information content (AvgIpc) is 3.24. The minimum Gasteiger partial charge on any atom is -0.478 e. The molecule has 30 heavy (non-hydrogen) atoms. The van der Waals surface area contributed by atoms with Gasteiger partial charge in [-0.25, -0.2) is 4.79 Å². The summed E-state index contributed by atoms with van der Waals surface area (Å²) in [5.74, 6) is 0.133. The molecule has 0 saturated heterocycles. The van der Waals surface area contributed by atoms with Gasteiger partial charge < -0.3 is 10.4 Å². The van der Waals surface area contributed by atoms with Crippen LogP contribution < -0.4 is 5.32 Å². The zero-order valence-electron chi connectivity index (χ0n) is 19.4. The Morgan fingerprint density at radius 1 is 1.13 bits per heavy atom. The Morgan fingerprint density at radius 2 is 1.73 bits per heavy atom. The Hall–Kier alpha value is -2.46. The summed E-state index contributed by atoms with van der Waals surface area (Å²) in [5.41, 5.74) is 2.21. The normalized spacial score (nSPS) is 15.7. The lowest BCUT2D eigenvalue weighted by molar-refractivity contribution is -0.132. The zero-order valence-corrected chi connectivity index (χ0v) is 19.4. The first kappa shape index (κ1) is 25.6. The topological polar surface area (TPSA) is 61.7 Å². The van der Waals surface area contributed by atoms with E-state index in [9.17, 15) is 4.79 Å². The van der Waals surface area contributed by atoms with Gasteiger partial charge in [-0.3, -0.25) is 4.99 Å². The molecule has 2 aromatic rings. The lowest BCUT2D eigenvalue weighted by atomic mass is 10.00. The largest absolute Gasteiger partial charge is 0.478 e. The Labute approximate surface area is 182 Å². The van der Waals surface area contributed by atoms with Crippen molar-refractivity contribution in [3.8, 4) is 0 Å². The predicted molar refractivity (Wildman–Crippen MR) is 129 cm³/mol. The van der Waals surface area contributed by atoms with E-state index in [1.54, 1.807) is 20.1 Å². The van der Waals surface area contributed by atoms with Crippen LogP contribution in [0.1, 0.15) is 71.9 Å². The second-order valence-corrected chi connectivity index (χ2v) is 7.87. The van der Waals surface area contributed by atoms with Crippen molar-refractivity contribution in [2.75, 3.05) is 7.05 Å². The molecule has 1 unspecified atom stereocenters. The molecule has 0 bridgehead atoms. The van der Waals surface area contributed by atoms with Crippen molar-refractivity contribution in [3.63, 3.8) is 0 Å². The van der Waals surface area contributed by atoms with Gasteiger partial charge >= 0.3 is 5.97 Å². The van der Waals surface area contributed by atoms with Crippen molar-refractivity contribution in [1.29, 1.82) is 0 Å². The predicted octanol–water partition coefficient (Wildman–Crippen LogP) is 6.77. The van der Waals surface area contributed by atoms with Crippen LogP contribution in [0.15, 0.2) is 58.7 Å². The molecule has 0 radical (unpaired) electrons. The number of aliphatic imine (C=N–C) groups is 1. The highest BCUT2D eigenvalue weighted by atomic mass is 16.4. The van der Waals surface area contributed by atoms with E-state index in [0.717, 1.165) is 5.92 Å². The summed E-state index contributed by atoms with van der Waals surface area (Å²) < 4.78 is 0. The lowest BCUT2D eigenvalue weighted by Crippen LogP contribution is -2.12. The van der Waals surface area contributed by atoms with E-state index in [2.05, 4.69) is 66.6 Å². The number of hydrogen-bond acceptors (Lipinski definition) is 3. The van der Waals surface area contributed by atoms with Crippen molar-refractivity contribution < 1.29 is 9.90 Å². The number of hydrogen-bond donors (Lipinski definition) is 2. The summed E-state index contributed by atoms with van der Waals surface area (Å²) >= 11 is 0. The Kier molecular flexibility index (Phi) is 11.7. The van der Waals surface area contributed by atoms with E-state index in [1.807, 2.05) is 7.05 Å². The van der Waals surface area contributed by atoms with Gasteiger partial charge in [0.05, 0.1) is 5.57 Å². The van der Waals surface area contributed by atoms with Gasteiger partial charge in [0.1, 0.15) is 0 Å². The number of benzene rings is 2. The van der Waals surface area contributed by atoms with Crippen LogP contribution in [0.5, 0.6) is 0 Å². The Balaban J connectivity index is 0.000000246. The number of carboxylic acid groups (broad SMARTS) is 1. The Morgan fingerprint density at radius 3 is 2.23 bits per heavy atom. The molecular formula is C26H38N2O2. The van der Waals surface area contributed by atoms with Crippen LogP contribution in [-0.4, -0.2) is 24.3 Å². The van der Waals surface area contributed by atoms with Gasteiger partial charge in [0, 0.05) is 18.0 Å². The van der Waals surface area contributed by atoms with E-state index >= 15 is 0 Å². The second-order valence-electron chi connectivity index (χ2n) is 7.87. The fourth-order valence-electron chi connectivity index (χ4n) is 3.36. The maximum atomic E-state index is 10.3. The highest BCUT2D eigenvalue weighted by Crippen LogP contribution is 2.24. The SMILES string of the molecule is CC1CCCC1.CC=N/C(C)=C(\C)C(=O)O.CNC(C)c1cccc2ccccc12. The molecule has 0 amide bonds. The molecule has 0 aliphatic heterocycles. The average molecular weight is 411 g/mol. The van der Waals surface area contributed by atoms with Gasteiger partial charge in [-0.15, -0.1) is 0 Å². The first-order chi connectivity index (χ1) is 14.3. The molecule has 164 valence electrons. The summed E-state index contributed by atoms with van der Waals surface area (Å²) in [6, 6.07) is 15.4. The van der Waals surface area contributed by atoms with Crippen molar-refractivity contribution >= 4 is 23.0 Å². The van der Waals surface area contributed by atoms with Crippen LogP contribution in [0.3, 0.4) is 0 Å². The quantitative estimate of drug-likeness (QED) is 0.432. The summed E-state index contributed by atoms with van der Waals surface area (Å²) in [6.07, 6.45) is 7.52. The molecular weight excluding hydrogens is 372 g/mol. The zero-order chi connectivity index (χ0) is 22.5. The van der Waals surface area contributed by atoms with Gasteiger partial charge in [0.25, 0.3) is 0 Å². The molecule has 4 nitrogen and oxygen atoms in total. The van der Waals surface area contributed by atoms with Gasteiger partial charge in [-0.2, -0.15) is 0 Å². The third kappa shape index (κ3) is 8.50. The number of carbonyl (C=O) groups is 1. The number of allylic oxidation sites excluding steroid dienone is 1. The molecule has 4 heteroatoms. The summed E-state index contributed by atoms with van der Waals surface area (Å²) in [7, 11) is 1.99. The van der Waals surface area contributed by atoms with E-state index in [4.69, 9.17) is 5.11 Å². The van der Waals surface area contributed by atoms with Gasteiger partial charge in [0.15, 0.2) is 0 Å². The standard InChI is InChI=1S/C13H15N.C7H11NO2.C6H12/c1-10(14-2)12-9-5-7-11-6-3-4-8-13(11)12;1-4-8-6(3)5(2)7(9)10;1-6-4-2-3-5-6/h3-10,14H,1-2H3;4H,1-3H3,(H,9,10);6H,2-5H2,1H3/b;6-5+,8-4?;. The summed E-state index contributed by atoms with van der Waals surface area (Å²) in [4.78, 5) is 14.1. The van der Waals surface area contributed by atoms with Crippen molar-refractivity contribution in [3.05, 3.63) is 59.3 Å². The van der Waals surface area contributed by atoms with E-state index in [1.165, 1.54) is 48.9 Å². The smallest absolute Gasteiger partial charge is 0.333 e. The second kappa shape index (κ2) is 13.7. The van der Waals surface area contributed by atoms with Crippen LogP contribution >= 0.6 is 0 Å². The minimum atomic E-state index is -0.914. The minimum absolute atomic E-state index is 0.290. The third-order valence-corrected chi connectivity index (χ3v) is 5.55. The molecule has 0 spiro atoms. The fraction of sp³-hybridized carbons (Fsp3) is 0.462. The number of nitrogens with zero attached hydrogens (tertiary/aromatic N) is 1. The van der Waals surface area contributed by atoms with Crippen molar-refractivity contribution in [2.24, 2.45) is 10.9 Å². The maximum Gasteiger partial charge on any atom is 0.333 e. The van der Waals surface area contributed by atoms with Crippen LogP contribution in [-0.2, 0) is 4.79 Å². The number of rotatable bonds is 4. The highest BCUT2D eigenvalue weighted by molar-refractivity contribution is 5.87. The van der Waals surface area contributed by atoms with Gasteiger partial charge in [-0.05, 0) is 57.0 Å². The molecule has 2 N–H and O–H groups in total. The van der Waals surface area contributed by atoms with E-state index in [-0.39, 0.29) is 5.57 Å². The first-order valence-corrected chi connectivity index (χ1v) is 10.9. The summed E-state index contributed by atoms with van der Waals surface area (Å²) in [5, 5.41) is 14.4. The Bertz CT molecular complexity index is 844. The van der Waals surface area contributed by atoms with Crippen molar-refractivity contribution in [1.82, 2.24) is 5.32 Å². The van der Waals surface area contributed by atoms with Crippen molar-refractivity contribution in [2.45, 2.75) is 66.3 Å². The molecule has 1 atom stereocenters. The summed E-state index contributed by atoms with van der Waals surface area (Å²) in [6.45, 7) is 9.47. The number of fused-ring (bicyclic) bond motifs is 1. The fourth-order valence-corrected chi connectivity index (χ4v) is 3.36. The lowest BCUT2D eigenvalue weighted by Gasteiger charge is -2.13.